The number of nitrogens with one attached hydrogen (secondary N) is 2. The lowest BCUT2D eigenvalue weighted by Gasteiger charge is -2.38. The van der Waals surface area contributed by atoms with Crippen molar-refractivity contribution >= 4 is 5.91 Å². The number of amides is 1. The van der Waals surface area contributed by atoms with Crippen LogP contribution in [0.2, 0.25) is 0 Å². The van der Waals surface area contributed by atoms with Crippen molar-refractivity contribution in [3.8, 4) is 0 Å². The molecule has 5 nitrogen and oxygen atoms in total. The Kier molecular flexibility index (Phi) is 5.25. The van der Waals surface area contributed by atoms with Crippen LogP contribution >= 0.6 is 0 Å². The maximum Gasteiger partial charge on any atom is 0.220 e. The number of nitrogens with zero attached hydrogens (tertiary/aromatic N) is 1. The van der Waals surface area contributed by atoms with Crippen molar-refractivity contribution in [3.63, 3.8) is 0 Å². The molecule has 1 fully saturated rings. The summed E-state index contributed by atoms with van der Waals surface area (Å²) in [6.45, 7) is 0. The molecule has 1 aromatic carbocycles. The molecule has 0 aliphatic heterocycles. The van der Waals surface area contributed by atoms with Crippen LogP contribution in [0.4, 0.5) is 4.39 Å². The van der Waals surface area contributed by atoms with E-state index >= 15 is 0 Å². The Bertz CT molecular complexity index is 651. The predicted octanol–water partition coefficient (Wildman–Crippen LogP) is 2.50. The van der Waals surface area contributed by atoms with Crippen LogP contribution in [0, 0.1) is 11.7 Å². The van der Waals surface area contributed by atoms with Crippen molar-refractivity contribution in [2.45, 2.75) is 44.2 Å². The van der Waals surface area contributed by atoms with Crippen LogP contribution in [0.15, 0.2) is 36.7 Å². The summed E-state index contributed by atoms with van der Waals surface area (Å²) in [5.74, 6) is -0.116. The first-order valence-corrected chi connectivity index (χ1v) is 8.32. The smallest absolute Gasteiger partial charge is 0.220 e. The second kappa shape index (κ2) is 7.57. The number of hydrogen-bond acceptors (Lipinski definition) is 3. The van der Waals surface area contributed by atoms with Gasteiger partial charge in [-0.3, -0.25) is 9.89 Å². The Morgan fingerprint density at radius 2 is 2.12 bits per heavy atom. The van der Waals surface area contributed by atoms with Crippen molar-refractivity contribution in [1.29, 1.82) is 0 Å². The number of aliphatic hydroxyl groups excluding tert-OH is 1. The lowest BCUT2D eigenvalue weighted by atomic mass is 9.75. The summed E-state index contributed by atoms with van der Waals surface area (Å²) < 4.78 is 13.1. The van der Waals surface area contributed by atoms with Crippen LogP contribution in [0.1, 0.15) is 42.9 Å². The second-order valence-corrected chi connectivity index (χ2v) is 6.44. The summed E-state index contributed by atoms with van der Waals surface area (Å²) >= 11 is 0. The third kappa shape index (κ3) is 4.20. The zero-order valence-corrected chi connectivity index (χ0v) is 13.4. The summed E-state index contributed by atoms with van der Waals surface area (Å²) in [5, 5.41) is 19.3. The number of carbonyl (C=O) groups excluding carboxylic acids is 1. The van der Waals surface area contributed by atoms with E-state index < -0.39 is 0 Å². The molecule has 6 heteroatoms. The number of aliphatic hydroxyl groups is 1. The molecule has 0 unspecified atom stereocenters. The number of hydrogen-bond donors (Lipinski definition) is 3. The topological polar surface area (TPSA) is 78.0 Å². The number of halogens is 1. The Hall–Kier alpha value is -2.21. The standard InChI is InChI=1S/C18H22FN3O2/c19-15-6-4-13(5-7-15)18(14-8-16(23)9-14)22-17(24)3-1-2-12-10-20-21-11-12/h4-7,10-11,14,16,18,23H,1-3,8-9H2,(H,20,21)(H,22,24)/t14?,16?,18-/m1/s1. The van der Waals surface area contributed by atoms with Gasteiger partial charge in [0.2, 0.25) is 5.91 Å². The van der Waals surface area contributed by atoms with E-state index in [1.54, 1.807) is 18.3 Å². The molecule has 128 valence electrons. The summed E-state index contributed by atoms with van der Waals surface area (Å²) in [7, 11) is 0. The van der Waals surface area contributed by atoms with E-state index in [4.69, 9.17) is 0 Å². The minimum absolute atomic E-state index is 0.0193. The van der Waals surface area contributed by atoms with Crippen LogP contribution < -0.4 is 5.32 Å². The van der Waals surface area contributed by atoms with Crippen LogP contribution in [-0.4, -0.2) is 27.3 Å². The normalized spacial score (nSPS) is 21.1. The average molecular weight is 331 g/mol. The molecular formula is C18H22FN3O2. The van der Waals surface area contributed by atoms with Gasteiger partial charge in [0.1, 0.15) is 5.82 Å². The van der Waals surface area contributed by atoms with Gasteiger partial charge in [0.15, 0.2) is 0 Å². The molecule has 1 aliphatic carbocycles. The molecule has 1 atom stereocenters. The second-order valence-electron chi connectivity index (χ2n) is 6.44. The van der Waals surface area contributed by atoms with E-state index in [9.17, 15) is 14.3 Å². The zero-order chi connectivity index (χ0) is 16.9. The first-order chi connectivity index (χ1) is 11.6. The summed E-state index contributed by atoms with van der Waals surface area (Å²) in [6.07, 6.45) is 6.59. The molecule has 3 N–H and O–H groups in total. The van der Waals surface area contributed by atoms with Gasteiger partial charge < -0.3 is 10.4 Å². The largest absolute Gasteiger partial charge is 0.393 e. The van der Waals surface area contributed by atoms with E-state index in [0.717, 1.165) is 24.0 Å². The summed E-state index contributed by atoms with van der Waals surface area (Å²) in [5.41, 5.74) is 1.97. The predicted molar refractivity (Wildman–Crippen MR) is 87.5 cm³/mol. The molecule has 2 aromatic rings. The lowest BCUT2D eigenvalue weighted by Crippen LogP contribution is -2.41. The Labute approximate surface area is 140 Å². The molecular weight excluding hydrogens is 309 g/mol. The Balaban J connectivity index is 1.56. The molecule has 0 saturated heterocycles. The number of aryl methyl sites for hydroxylation is 1. The van der Waals surface area contributed by atoms with Crippen molar-refractivity contribution in [1.82, 2.24) is 15.5 Å². The quantitative estimate of drug-likeness (QED) is 0.729. The fourth-order valence-electron chi connectivity index (χ4n) is 3.16. The lowest BCUT2D eigenvalue weighted by molar-refractivity contribution is -0.123. The minimum Gasteiger partial charge on any atom is -0.393 e. The van der Waals surface area contributed by atoms with Crippen LogP contribution in [0.5, 0.6) is 0 Å². The van der Waals surface area contributed by atoms with Gasteiger partial charge in [-0.05, 0) is 54.9 Å². The first kappa shape index (κ1) is 16.6. The van der Waals surface area contributed by atoms with E-state index in [-0.39, 0.29) is 29.8 Å². The molecule has 1 heterocycles. The van der Waals surface area contributed by atoms with Gasteiger partial charge >= 0.3 is 0 Å². The van der Waals surface area contributed by atoms with E-state index in [1.807, 2.05) is 6.20 Å². The Morgan fingerprint density at radius 3 is 2.75 bits per heavy atom. The third-order valence-electron chi connectivity index (χ3n) is 4.59. The number of H-pyrrole nitrogens is 1. The zero-order valence-electron chi connectivity index (χ0n) is 13.4. The van der Waals surface area contributed by atoms with Gasteiger partial charge in [-0.1, -0.05) is 12.1 Å². The molecule has 3 rings (SSSR count). The maximum atomic E-state index is 13.1. The maximum absolute atomic E-state index is 13.1. The molecule has 0 spiro atoms. The van der Waals surface area contributed by atoms with Crippen molar-refractivity contribution in [2.75, 3.05) is 0 Å². The number of benzene rings is 1. The van der Waals surface area contributed by atoms with Crippen LogP contribution in [0.25, 0.3) is 0 Å². The third-order valence-corrected chi connectivity index (χ3v) is 4.59. The molecule has 1 aromatic heterocycles. The molecule has 24 heavy (non-hydrogen) atoms. The van der Waals surface area contributed by atoms with Gasteiger partial charge in [-0.2, -0.15) is 5.10 Å². The molecule has 1 amide bonds. The fraction of sp³-hybridized carbons (Fsp3) is 0.444. The highest BCUT2D eigenvalue weighted by atomic mass is 19.1. The monoisotopic (exact) mass is 331 g/mol. The van der Waals surface area contributed by atoms with Crippen molar-refractivity contribution < 1.29 is 14.3 Å². The number of aromatic amines is 1. The molecule has 1 saturated carbocycles. The van der Waals surface area contributed by atoms with Gasteiger partial charge in [0.25, 0.3) is 0 Å². The van der Waals surface area contributed by atoms with Crippen molar-refractivity contribution in [2.24, 2.45) is 5.92 Å². The van der Waals surface area contributed by atoms with Gasteiger partial charge in [0.05, 0.1) is 18.3 Å². The average Bonchev–Trinajstić information content (AvgIpc) is 3.04. The van der Waals surface area contributed by atoms with Gasteiger partial charge in [-0.25, -0.2) is 4.39 Å². The van der Waals surface area contributed by atoms with Crippen LogP contribution in [0.3, 0.4) is 0 Å². The van der Waals surface area contributed by atoms with Crippen LogP contribution in [-0.2, 0) is 11.2 Å². The number of rotatable bonds is 7. The summed E-state index contributed by atoms with van der Waals surface area (Å²) in [4.78, 5) is 12.3. The molecule has 0 bridgehead atoms. The molecule has 1 aliphatic rings. The minimum atomic E-state index is -0.295. The highest BCUT2D eigenvalue weighted by molar-refractivity contribution is 5.76. The SMILES string of the molecule is O=C(CCCc1cn[nH]c1)N[C@H](c1ccc(F)cc1)C1CC(O)C1. The van der Waals surface area contributed by atoms with E-state index in [1.165, 1.54) is 12.1 Å². The van der Waals surface area contributed by atoms with Crippen molar-refractivity contribution in [3.05, 3.63) is 53.6 Å². The number of carbonyl (C=O) groups is 1. The number of aromatic nitrogens is 2. The van der Waals surface area contributed by atoms with Gasteiger partial charge in [0, 0.05) is 12.6 Å². The Morgan fingerprint density at radius 1 is 1.38 bits per heavy atom. The highest BCUT2D eigenvalue weighted by Crippen LogP contribution is 2.38. The fourth-order valence-corrected chi connectivity index (χ4v) is 3.16. The van der Waals surface area contributed by atoms with E-state index in [0.29, 0.717) is 19.3 Å². The van der Waals surface area contributed by atoms with E-state index in [2.05, 4.69) is 15.5 Å². The van der Waals surface area contributed by atoms with Gasteiger partial charge in [-0.15, -0.1) is 0 Å². The summed E-state index contributed by atoms with van der Waals surface area (Å²) in [6, 6.07) is 6.05. The molecule has 0 radical (unpaired) electrons. The highest BCUT2D eigenvalue weighted by Gasteiger charge is 2.35. The first-order valence-electron chi connectivity index (χ1n) is 8.32.